The number of nitrogens with zero attached hydrogens (tertiary/aromatic N) is 1. The standard InChI is InChI=1S/C12H18Br2N2/c1-3-16(2)7-6-15-9-10-4-5-11(13)8-12(10)14/h4-5,8,15H,3,6-7,9H2,1-2H3. The van der Waals surface area contributed by atoms with Crippen molar-refractivity contribution in [3.63, 3.8) is 0 Å². The average Bonchev–Trinajstić information content (AvgIpc) is 2.26. The van der Waals surface area contributed by atoms with Crippen LogP contribution in [0.4, 0.5) is 0 Å². The Hall–Kier alpha value is 0.1000. The van der Waals surface area contributed by atoms with Crippen molar-refractivity contribution in [3.05, 3.63) is 32.7 Å². The molecule has 0 saturated carbocycles. The van der Waals surface area contributed by atoms with E-state index in [4.69, 9.17) is 0 Å². The van der Waals surface area contributed by atoms with Crippen LogP contribution in [0.15, 0.2) is 27.1 Å². The molecule has 0 aliphatic carbocycles. The first-order valence-electron chi connectivity index (χ1n) is 5.46. The van der Waals surface area contributed by atoms with Gasteiger partial charge in [-0.15, -0.1) is 0 Å². The van der Waals surface area contributed by atoms with Gasteiger partial charge in [-0.1, -0.05) is 44.8 Å². The van der Waals surface area contributed by atoms with Gasteiger partial charge in [0, 0.05) is 28.6 Å². The van der Waals surface area contributed by atoms with Gasteiger partial charge in [-0.05, 0) is 31.3 Å². The molecule has 0 heterocycles. The quantitative estimate of drug-likeness (QED) is 0.793. The van der Waals surface area contributed by atoms with Gasteiger partial charge >= 0.3 is 0 Å². The van der Waals surface area contributed by atoms with Crippen molar-refractivity contribution in [1.82, 2.24) is 10.2 Å². The van der Waals surface area contributed by atoms with Crippen LogP contribution in [-0.2, 0) is 6.54 Å². The summed E-state index contributed by atoms with van der Waals surface area (Å²) in [5.41, 5.74) is 1.29. The fourth-order valence-electron chi connectivity index (χ4n) is 1.32. The summed E-state index contributed by atoms with van der Waals surface area (Å²) in [6.07, 6.45) is 0. The van der Waals surface area contributed by atoms with Crippen LogP contribution in [0.1, 0.15) is 12.5 Å². The molecule has 1 rings (SSSR count). The molecule has 0 aliphatic heterocycles. The van der Waals surface area contributed by atoms with Crippen molar-refractivity contribution in [1.29, 1.82) is 0 Å². The summed E-state index contributed by atoms with van der Waals surface area (Å²) in [6.45, 7) is 6.29. The van der Waals surface area contributed by atoms with Crippen LogP contribution in [0, 0.1) is 0 Å². The highest BCUT2D eigenvalue weighted by Crippen LogP contribution is 2.21. The van der Waals surface area contributed by atoms with Gasteiger partial charge < -0.3 is 10.2 Å². The first-order valence-corrected chi connectivity index (χ1v) is 7.05. The zero-order valence-electron chi connectivity index (χ0n) is 9.76. The van der Waals surface area contributed by atoms with Crippen molar-refractivity contribution in [2.75, 3.05) is 26.7 Å². The lowest BCUT2D eigenvalue weighted by molar-refractivity contribution is 0.349. The molecule has 0 aromatic heterocycles. The van der Waals surface area contributed by atoms with Crippen molar-refractivity contribution < 1.29 is 0 Å². The van der Waals surface area contributed by atoms with Gasteiger partial charge in [-0.25, -0.2) is 0 Å². The van der Waals surface area contributed by atoms with Crippen molar-refractivity contribution in [3.8, 4) is 0 Å². The summed E-state index contributed by atoms with van der Waals surface area (Å²) in [5, 5.41) is 3.44. The summed E-state index contributed by atoms with van der Waals surface area (Å²) in [5.74, 6) is 0. The molecule has 1 aromatic carbocycles. The predicted octanol–water partition coefficient (Wildman–Crippen LogP) is 3.25. The minimum atomic E-state index is 0.908. The lowest BCUT2D eigenvalue weighted by Crippen LogP contribution is -2.28. The maximum Gasteiger partial charge on any atom is 0.0231 e. The van der Waals surface area contributed by atoms with Gasteiger partial charge in [0.2, 0.25) is 0 Å². The molecule has 2 nitrogen and oxygen atoms in total. The van der Waals surface area contributed by atoms with E-state index < -0.39 is 0 Å². The molecule has 1 aromatic rings. The van der Waals surface area contributed by atoms with E-state index in [2.05, 4.69) is 74.2 Å². The maximum atomic E-state index is 3.56. The van der Waals surface area contributed by atoms with Crippen LogP contribution in [0.2, 0.25) is 0 Å². The summed E-state index contributed by atoms with van der Waals surface area (Å²) in [4.78, 5) is 2.30. The molecule has 0 spiro atoms. The van der Waals surface area contributed by atoms with Crippen LogP contribution in [0.25, 0.3) is 0 Å². The highest BCUT2D eigenvalue weighted by Gasteiger charge is 2.00. The van der Waals surface area contributed by atoms with Gasteiger partial charge in [0.1, 0.15) is 0 Å². The number of benzene rings is 1. The van der Waals surface area contributed by atoms with Crippen LogP contribution >= 0.6 is 31.9 Å². The van der Waals surface area contributed by atoms with Gasteiger partial charge in [0.15, 0.2) is 0 Å². The second-order valence-corrected chi connectivity index (χ2v) is 5.58. The van der Waals surface area contributed by atoms with Crippen molar-refractivity contribution in [2.24, 2.45) is 0 Å². The third kappa shape index (κ3) is 4.95. The largest absolute Gasteiger partial charge is 0.311 e. The summed E-state index contributed by atoms with van der Waals surface area (Å²) in [7, 11) is 2.14. The number of hydrogen-bond donors (Lipinski definition) is 1. The smallest absolute Gasteiger partial charge is 0.0231 e. The van der Waals surface area contributed by atoms with Gasteiger partial charge in [0.05, 0.1) is 0 Å². The van der Waals surface area contributed by atoms with Gasteiger partial charge in [-0.2, -0.15) is 0 Å². The number of hydrogen-bond acceptors (Lipinski definition) is 2. The monoisotopic (exact) mass is 348 g/mol. The number of rotatable bonds is 6. The molecule has 1 N–H and O–H groups in total. The molecular weight excluding hydrogens is 332 g/mol. The van der Waals surface area contributed by atoms with E-state index in [1.807, 2.05) is 0 Å². The summed E-state index contributed by atoms with van der Waals surface area (Å²) >= 11 is 7.01. The fraction of sp³-hybridized carbons (Fsp3) is 0.500. The zero-order valence-corrected chi connectivity index (χ0v) is 12.9. The third-order valence-electron chi connectivity index (χ3n) is 2.54. The molecule has 0 atom stereocenters. The molecule has 0 fully saturated rings. The highest BCUT2D eigenvalue weighted by molar-refractivity contribution is 9.11. The second-order valence-electron chi connectivity index (χ2n) is 3.81. The Labute approximate surface area is 115 Å². The second kappa shape index (κ2) is 7.43. The van der Waals surface area contributed by atoms with E-state index >= 15 is 0 Å². The predicted molar refractivity (Wildman–Crippen MR) is 76.7 cm³/mol. The van der Waals surface area contributed by atoms with E-state index in [0.29, 0.717) is 0 Å². The number of likely N-dealkylation sites (N-methyl/N-ethyl adjacent to an activating group) is 1. The van der Waals surface area contributed by atoms with E-state index in [1.54, 1.807) is 0 Å². The molecule has 0 amide bonds. The molecule has 0 radical (unpaired) electrons. The summed E-state index contributed by atoms with van der Waals surface area (Å²) in [6, 6.07) is 6.28. The lowest BCUT2D eigenvalue weighted by atomic mass is 10.2. The Morgan fingerprint density at radius 2 is 2.06 bits per heavy atom. The SMILES string of the molecule is CCN(C)CCNCc1ccc(Br)cc1Br. The number of halogens is 2. The minimum absolute atomic E-state index is 0.908. The molecular formula is C12H18Br2N2. The molecule has 0 saturated heterocycles. The number of nitrogens with one attached hydrogen (secondary N) is 1. The molecule has 90 valence electrons. The first-order chi connectivity index (χ1) is 7.63. The third-order valence-corrected chi connectivity index (χ3v) is 3.77. The van der Waals surface area contributed by atoms with Gasteiger partial charge in [0.25, 0.3) is 0 Å². The topological polar surface area (TPSA) is 15.3 Å². The fourth-order valence-corrected chi connectivity index (χ4v) is 2.50. The lowest BCUT2D eigenvalue weighted by Gasteiger charge is -2.14. The molecule has 0 aliphatic rings. The Morgan fingerprint density at radius 3 is 2.69 bits per heavy atom. The van der Waals surface area contributed by atoms with Crippen LogP contribution in [-0.4, -0.2) is 31.6 Å². The van der Waals surface area contributed by atoms with E-state index in [1.165, 1.54) is 5.56 Å². The van der Waals surface area contributed by atoms with Gasteiger partial charge in [-0.3, -0.25) is 0 Å². The highest BCUT2D eigenvalue weighted by atomic mass is 79.9. The Bertz CT molecular complexity index is 329. The Kier molecular flexibility index (Phi) is 6.58. The average molecular weight is 350 g/mol. The van der Waals surface area contributed by atoms with Crippen LogP contribution in [0.3, 0.4) is 0 Å². The minimum Gasteiger partial charge on any atom is -0.311 e. The van der Waals surface area contributed by atoms with Crippen molar-refractivity contribution in [2.45, 2.75) is 13.5 Å². The summed E-state index contributed by atoms with van der Waals surface area (Å²) < 4.78 is 2.26. The normalized spacial score (nSPS) is 11.1. The van der Waals surface area contributed by atoms with E-state index in [-0.39, 0.29) is 0 Å². The zero-order chi connectivity index (χ0) is 12.0. The van der Waals surface area contributed by atoms with Crippen LogP contribution < -0.4 is 5.32 Å². The van der Waals surface area contributed by atoms with Crippen molar-refractivity contribution >= 4 is 31.9 Å². The maximum absolute atomic E-state index is 3.56. The van der Waals surface area contributed by atoms with Crippen LogP contribution in [0.5, 0.6) is 0 Å². The molecule has 0 bridgehead atoms. The molecule has 4 heteroatoms. The Morgan fingerprint density at radius 1 is 1.31 bits per heavy atom. The molecule has 0 unspecified atom stereocenters. The Balaban J connectivity index is 2.32. The molecule has 16 heavy (non-hydrogen) atoms. The first kappa shape index (κ1) is 14.2. The van der Waals surface area contributed by atoms with E-state index in [0.717, 1.165) is 35.1 Å². The van der Waals surface area contributed by atoms with E-state index in [9.17, 15) is 0 Å².